The van der Waals surface area contributed by atoms with Gasteiger partial charge in [0.2, 0.25) is 0 Å². The molecule has 108 valence electrons. The molecule has 0 saturated carbocycles. The number of anilines is 1. The highest BCUT2D eigenvalue weighted by atomic mass is 16.5. The molecule has 2 rings (SSSR count). The van der Waals surface area contributed by atoms with E-state index in [1.165, 1.54) is 0 Å². The first kappa shape index (κ1) is 14.4. The molecular weight excluding hydrogens is 250 g/mol. The number of hydrogen-bond donors (Lipinski definition) is 1. The van der Waals surface area contributed by atoms with Crippen molar-refractivity contribution in [2.24, 2.45) is 0 Å². The summed E-state index contributed by atoms with van der Waals surface area (Å²) in [6, 6.07) is 6.06. The van der Waals surface area contributed by atoms with Crippen LogP contribution in [-0.4, -0.2) is 9.78 Å². The molecule has 1 aromatic heterocycles. The zero-order valence-electron chi connectivity index (χ0n) is 12.7. The van der Waals surface area contributed by atoms with Gasteiger partial charge in [0.1, 0.15) is 12.4 Å². The monoisotopic (exact) mass is 273 g/mol. The van der Waals surface area contributed by atoms with Crippen molar-refractivity contribution in [3.63, 3.8) is 0 Å². The van der Waals surface area contributed by atoms with E-state index in [4.69, 9.17) is 10.5 Å². The van der Waals surface area contributed by atoms with Crippen LogP contribution >= 0.6 is 0 Å². The molecule has 0 bridgehead atoms. The SMILES string of the molecule is CCc1cc(COc2cc(N)c(C)cc2C)n(CC)n1. The van der Waals surface area contributed by atoms with E-state index in [-0.39, 0.29) is 0 Å². The summed E-state index contributed by atoms with van der Waals surface area (Å²) in [6.45, 7) is 9.61. The van der Waals surface area contributed by atoms with E-state index in [1.807, 2.05) is 24.6 Å². The van der Waals surface area contributed by atoms with Crippen LogP contribution in [0.3, 0.4) is 0 Å². The van der Waals surface area contributed by atoms with Crippen molar-refractivity contribution in [3.8, 4) is 5.75 Å². The summed E-state index contributed by atoms with van der Waals surface area (Å²) < 4.78 is 7.91. The Kier molecular flexibility index (Phi) is 4.32. The van der Waals surface area contributed by atoms with Crippen molar-refractivity contribution >= 4 is 5.69 Å². The molecule has 1 aromatic carbocycles. The molecule has 0 spiro atoms. The molecule has 20 heavy (non-hydrogen) atoms. The number of aromatic nitrogens is 2. The van der Waals surface area contributed by atoms with Crippen molar-refractivity contribution in [1.29, 1.82) is 0 Å². The topological polar surface area (TPSA) is 53.1 Å². The predicted molar refractivity (Wildman–Crippen MR) is 81.9 cm³/mol. The number of rotatable bonds is 5. The Hall–Kier alpha value is -1.97. The number of hydrogen-bond acceptors (Lipinski definition) is 3. The maximum atomic E-state index is 5.94. The number of ether oxygens (including phenoxy) is 1. The lowest BCUT2D eigenvalue weighted by Gasteiger charge is -2.12. The minimum Gasteiger partial charge on any atom is -0.487 e. The number of benzene rings is 1. The fourth-order valence-electron chi connectivity index (χ4n) is 2.23. The molecule has 0 aliphatic carbocycles. The van der Waals surface area contributed by atoms with Gasteiger partial charge in [-0.05, 0) is 44.4 Å². The van der Waals surface area contributed by atoms with Crippen LogP contribution in [-0.2, 0) is 19.6 Å². The molecule has 0 saturated heterocycles. The summed E-state index contributed by atoms with van der Waals surface area (Å²) >= 11 is 0. The van der Waals surface area contributed by atoms with E-state index >= 15 is 0 Å². The van der Waals surface area contributed by atoms with Crippen molar-refractivity contribution in [2.45, 2.75) is 47.3 Å². The highest BCUT2D eigenvalue weighted by molar-refractivity contribution is 5.54. The molecule has 0 fully saturated rings. The standard InChI is InChI=1S/C16H23N3O/c1-5-13-8-14(19(6-2)18-13)10-20-16-9-15(17)11(3)7-12(16)4/h7-9H,5-6,10,17H2,1-4H3. The summed E-state index contributed by atoms with van der Waals surface area (Å²) in [5.74, 6) is 0.843. The summed E-state index contributed by atoms with van der Waals surface area (Å²) in [5.41, 5.74) is 11.1. The van der Waals surface area contributed by atoms with Crippen molar-refractivity contribution in [3.05, 3.63) is 40.7 Å². The Morgan fingerprint density at radius 2 is 1.90 bits per heavy atom. The molecule has 4 nitrogen and oxygen atoms in total. The number of aryl methyl sites for hydroxylation is 4. The first-order chi connectivity index (χ1) is 9.55. The molecule has 1 heterocycles. The van der Waals surface area contributed by atoms with Crippen LogP contribution in [0, 0.1) is 13.8 Å². The molecule has 0 aliphatic heterocycles. The number of nitrogens with two attached hydrogens (primary N) is 1. The Morgan fingerprint density at radius 3 is 2.55 bits per heavy atom. The van der Waals surface area contributed by atoms with Crippen LogP contribution < -0.4 is 10.5 Å². The van der Waals surface area contributed by atoms with E-state index in [2.05, 4.69) is 31.1 Å². The Labute approximate surface area is 120 Å². The second-order valence-electron chi connectivity index (χ2n) is 5.06. The highest BCUT2D eigenvalue weighted by Crippen LogP contribution is 2.25. The van der Waals surface area contributed by atoms with Crippen LogP contribution in [0.1, 0.15) is 36.4 Å². The minimum atomic E-state index is 0.518. The van der Waals surface area contributed by atoms with Gasteiger partial charge in [0.15, 0.2) is 0 Å². The highest BCUT2D eigenvalue weighted by Gasteiger charge is 2.08. The molecule has 0 unspecified atom stereocenters. The maximum Gasteiger partial charge on any atom is 0.130 e. The Morgan fingerprint density at radius 1 is 1.15 bits per heavy atom. The fourth-order valence-corrected chi connectivity index (χ4v) is 2.23. The summed E-state index contributed by atoms with van der Waals surface area (Å²) in [7, 11) is 0. The van der Waals surface area contributed by atoms with Crippen LogP contribution in [0.4, 0.5) is 5.69 Å². The lowest BCUT2D eigenvalue weighted by molar-refractivity contribution is 0.290. The first-order valence-electron chi connectivity index (χ1n) is 7.10. The smallest absolute Gasteiger partial charge is 0.130 e. The van der Waals surface area contributed by atoms with Crippen LogP contribution in [0.2, 0.25) is 0 Å². The number of nitrogens with zero attached hydrogens (tertiary/aromatic N) is 2. The molecule has 0 amide bonds. The van der Waals surface area contributed by atoms with Gasteiger partial charge in [-0.25, -0.2) is 0 Å². The molecule has 4 heteroatoms. The Balaban J connectivity index is 2.16. The normalized spacial score (nSPS) is 10.8. The van der Waals surface area contributed by atoms with Crippen molar-refractivity contribution < 1.29 is 4.74 Å². The largest absolute Gasteiger partial charge is 0.487 e. The maximum absolute atomic E-state index is 5.94. The zero-order chi connectivity index (χ0) is 14.7. The summed E-state index contributed by atoms with van der Waals surface area (Å²) in [6.07, 6.45) is 0.941. The van der Waals surface area contributed by atoms with Gasteiger partial charge in [-0.2, -0.15) is 5.10 Å². The van der Waals surface area contributed by atoms with Gasteiger partial charge in [-0.15, -0.1) is 0 Å². The van der Waals surface area contributed by atoms with Gasteiger partial charge in [-0.3, -0.25) is 4.68 Å². The fraction of sp³-hybridized carbons (Fsp3) is 0.438. The second kappa shape index (κ2) is 5.99. The van der Waals surface area contributed by atoms with E-state index in [1.54, 1.807) is 0 Å². The van der Waals surface area contributed by atoms with Gasteiger partial charge >= 0.3 is 0 Å². The molecule has 2 N–H and O–H groups in total. The summed E-state index contributed by atoms with van der Waals surface area (Å²) in [4.78, 5) is 0. The van der Waals surface area contributed by atoms with Gasteiger partial charge in [0, 0.05) is 18.3 Å². The van der Waals surface area contributed by atoms with Gasteiger partial charge in [-0.1, -0.05) is 13.0 Å². The zero-order valence-corrected chi connectivity index (χ0v) is 12.7. The van der Waals surface area contributed by atoms with Crippen molar-refractivity contribution in [2.75, 3.05) is 5.73 Å². The first-order valence-corrected chi connectivity index (χ1v) is 7.10. The molecule has 0 aliphatic rings. The number of nitrogen functional groups attached to an aromatic ring is 1. The van der Waals surface area contributed by atoms with E-state index in [9.17, 15) is 0 Å². The van der Waals surface area contributed by atoms with E-state index in [0.29, 0.717) is 6.61 Å². The third-order valence-electron chi connectivity index (χ3n) is 3.51. The lowest BCUT2D eigenvalue weighted by atomic mass is 10.1. The average molecular weight is 273 g/mol. The summed E-state index contributed by atoms with van der Waals surface area (Å²) in [5, 5.41) is 4.53. The van der Waals surface area contributed by atoms with Gasteiger partial charge in [0.05, 0.1) is 11.4 Å². The van der Waals surface area contributed by atoms with Gasteiger partial charge in [0.25, 0.3) is 0 Å². The third kappa shape index (κ3) is 2.95. The van der Waals surface area contributed by atoms with Crippen LogP contribution in [0.15, 0.2) is 18.2 Å². The second-order valence-corrected chi connectivity index (χ2v) is 5.06. The quantitative estimate of drug-likeness (QED) is 0.851. The van der Waals surface area contributed by atoms with E-state index < -0.39 is 0 Å². The van der Waals surface area contributed by atoms with Crippen LogP contribution in [0.25, 0.3) is 0 Å². The Bertz CT molecular complexity index is 602. The molecule has 2 aromatic rings. The van der Waals surface area contributed by atoms with Gasteiger partial charge < -0.3 is 10.5 Å². The minimum absolute atomic E-state index is 0.518. The predicted octanol–water partition coefficient (Wildman–Crippen LogP) is 3.24. The molecule has 0 atom stereocenters. The lowest BCUT2D eigenvalue weighted by Crippen LogP contribution is -2.07. The van der Waals surface area contributed by atoms with Crippen molar-refractivity contribution in [1.82, 2.24) is 9.78 Å². The average Bonchev–Trinajstić information content (AvgIpc) is 2.84. The third-order valence-corrected chi connectivity index (χ3v) is 3.51. The van der Waals surface area contributed by atoms with E-state index in [0.717, 1.165) is 46.9 Å². The molecule has 0 radical (unpaired) electrons. The molecular formula is C16H23N3O. The van der Waals surface area contributed by atoms with Crippen LogP contribution in [0.5, 0.6) is 5.75 Å².